The summed E-state index contributed by atoms with van der Waals surface area (Å²) in [6.45, 7) is 3.45. The van der Waals surface area contributed by atoms with Crippen molar-refractivity contribution < 1.29 is 23.1 Å². The molecule has 0 spiro atoms. The molecule has 1 saturated carbocycles. The van der Waals surface area contributed by atoms with E-state index in [1.165, 1.54) is 6.07 Å². The first-order valence-corrected chi connectivity index (χ1v) is 10.3. The number of aromatic nitrogens is 3. The molecule has 2 unspecified atom stereocenters. The van der Waals surface area contributed by atoms with Crippen molar-refractivity contribution in [3.63, 3.8) is 0 Å². The highest BCUT2D eigenvalue weighted by molar-refractivity contribution is 5.97. The third-order valence-corrected chi connectivity index (χ3v) is 5.99. The molecular weight excluding hydrogens is 425 g/mol. The Kier molecular flexibility index (Phi) is 5.36. The van der Waals surface area contributed by atoms with Crippen LogP contribution < -0.4 is 11.0 Å². The fourth-order valence-corrected chi connectivity index (χ4v) is 4.39. The summed E-state index contributed by atoms with van der Waals surface area (Å²) in [5, 5.41) is 13.3. The van der Waals surface area contributed by atoms with Gasteiger partial charge in [-0.05, 0) is 57.0 Å². The normalized spacial score (nSPS) is 19.4. The van der Waals surface area contributed by atoms with E-state index in [1.54, 1.807) is 26.0 Å². The topological polar surface area (TPSA) is 100 Å². The minimum absolute atomic E-state index is 0.00435. The van der Waals surface area contributed by atoms with Crippen molar-refractivity contribution in [3.8, 4) is 5.82 Å². The van der Waals surface area contributed by atoms with Crippen molar-refractivity contribution in [2.75, 3.05) is 0 Å². The predicted molar refractivity (Wildman–Crippen MR) is 112 cm³/mol. The number of hydrogen-bond acceptors (Lipinski definition) is 4. The lowest BCUT2D eigenvalue weighted by Crippen LogP contribution is -2.45. The first-order chi connectivity index (χ1) is 14.9. The van der Waals surface area contributed by atoms with Crippen molar-refractivity contribution in [3.05, 3.63) is 58.1 Å². The summed E-state index contributed by atoms with van der Waals surface area (Å²) < 4.78 is 39.6. The maximum atomic E-state index is 12.9. The zero-order chi connectivity index (χ0) is 23.3. The number of nitrogens with zero attached hydrogens (tertiary/aromatic N) is 2. The van der Waals surface area contributed by atoms with Gasteiger partial charge in [0.05, 0.1) is 22.2 Å². The number of imidazole rings is 1. The molecule has 4 rings (SSSR count). The lowest BCUT2D eigenvalue weighted by atomic mass is 9.86. The van der Waals surface area contributed by atoms with Crippen LogP contribution in [0.1, 0.15) is 49.0 Å². The number of fused-ring (bicyclic) bond motifs is 1. The molecule has 1 amide bonds. The van der Waals surface area contributed by atoms with Gasteiger partial charge in [0, 0.05) is 23.7 Å². The molecule has 3 aromatic rings. The molecule has 0 saturated heterocycles. The van der Waals surface area contributed by atoms with Gasteiger partial charge < -0.3 is 15.4 Å². The van der Waals surface area contributed by atoms with E-state index in [9.17, 15) is 27.9 Å². The third kappa shape index (κ3) is 4.14. The number of hydrogen-bond donors (Lipinski definition) is 3. The van der Waals surface area contributed by atoms with E-state index in [0.717, 1.165) is 36.0 Å². The van der Waals surface area contributed by atoms with E-state index in [4.69, 9.17) is 0 Å². The van der Waals surface area contributed by atoms with Crippen LogP contribution in [-0.2, 0) is 6.18 Å². The third-order valence-electron chi connectivity index (χ3n) is 5.99. The monoisotopic (exact) mass is 448 g/mol. The molecule has 0 aliphatic heterocycles. The molecule has 3 N–H and O–H groups in total. The van der Waals surface area contributed by atoms with Gasteiger partial charge in [0.25, 0.3) is 5.91 Å². The van der Waals surface area contributed by atoms with Crippen molar-refractivity contribution in [1.82, 2.24) is 19.9 Å². The molecule has 2 atom stereocenters. The maximum absolute atomic E-state index is 12.9. The van der Waals surface area contributed by atoms with Crippen LogP contribution in [0.2, 0.25) is 0 Å². The Balaban J connectivity index is 1.66. The molecule has 1 fully saturated rings. The molecule has 1 aliphatic carbocycles. The summed E-state index contributed by atoms with van der Waals surface area (Å²) in [5.41, 5.74) is -1.40. The zero-order valence-electron chi connectivity index (χ0n) is 17.5. The summed E-state index contributed by atoms with van der Waals surface area (Å²) in [6.07, 6.45) is -1.41. The number of amides is 1. The number of nitrogens with one attached hydrogen (secondary N) is 2. The fourth-order valence-electron chi connectivity index (χ4n) is 4.39. The Bertz CT molecular complexity index is 1210. The molecular formula is C22H23F3N4O3. The van der Waals surface area contributed by atoms with Crippen LogP contribution in [0.4, 0.5) is 13.2 Å². The van der Waals surface area contributed by atoms with Gasteiger partial charge in [0.1, 0.15) is 5.82 Å². The quantitative estimate of drug-likeness (QED) is 0.570. The van der Waals surface area contributed by atoms with Crippen LogP contribution >= 0.6 is 0 Å². The smallest absolute Gasteiger partial charge is 0.390 e. The number of H-pyrrole nitrogens is 1. The van der Waals surface area contributed by atoms with E-state index in [1.807, 2.05) is 0 Å². The van der Waals surface area contributed by atoms with Crippen LogP contribution in [-0.4, -0.2) is 37.2 Å². The molecule has 7 nitrogen and oxygen atoms in total. The highest BCUT2D eigenvalue weighted by Gasteiger charge is 2.38. The number of benzene rings is 1. The van der Waals surface area contributed by atoms with E-state index in [-0.39, 0.29) is 23.7 Å². The molecule has 0 bridgehead atoms. The maximum Gasteiger partial charge on any atom is 0.417 e. The molecule has 2 heterocycles. The predicted octanol–water partition coefficient (Wildman–Crippen LogP) is 3.40. The van der Waals surface area contributed by atoms with Crippen LogP contribution in [0.5, 0.6) is 0 Å². The fraction of sp³-hybridized carbons (Fsp3) is 0.409. The summed E-state index contributed by atoms with van der Waals surface area (Å²) in [5.74, 6) is -0.421. The summed E-state index contributed by atoms with van der Waals surface area (Å²) >= 11 is 0. The Morgan fingerprint density at radius 2 is 1.97 bits per heavy atom. The van der Waals surface area contributed by atoms with Gasteiger partial charge in [-0.3, -0.25) is 4.79 Å². The number of aliphatic hydroxyl groups is 1. The second-order valence-electron chi connectivity index (χ2n) is 8.67. The highest BCUT2D eigenvalue weighted by atomic mass is 19.4. The molecule has 1 aromatic carbocycles. The standard InChI is InChI=1S/C22H23F3N4O3/c1-21(2,32)14-4-3-5-15(14)27-19(30)12-6-8-16-17(10-12)29(20(31)28-16)18-9-7-13(11-26-18)22(23,24)25/h6-11,14-15,32H,3-5H2,1-2H3,(H,27,30)(H,28,31). The molecule has 0 radical (unpaired) electrons. The number of carbonyl (C=O) groups is 1. The van der Waals surface area contributed by atoms with Crippen molar-refractivity contribution >= 4 is 16.9 Å². The SMILES string of the molecule is CC(C)(O)C1CCCC1NC(=O)c1ccc2[nH]c(=O)n(-c3ccc(C(F)(F)F)cn3)c2c1. The van der Waals surface area contributed by atoms with Gasteiger partial charge >= 0.3 is 11.9 Å². The largest absolute Gasteiger partial charge is 0.417 e. The van der Waals surface area contributed by atoms with Crippen LogP contribution in [0.25, 0.3) is 16.9 Å². The number of alkyl halides is 3. The average molecular weight is 448 g/mol. The summed E-state index contributed by atoms with van der Waals surface area (Å²) in [7, 11) is 0. The molecule has 10 heteroatoms. The van der Waals surface area contributed by atoms with Gasteiger partial charge in [-0.15, -0.1) is 0 Å². The minimum Gasteiger partial charge on any atom is -0.390 e. The van der Waals surface area contributed by atoms with E-state index < -0.39 is 23.0 Å². The van der Waals surface area contributed by atoms with Crippen molar-refractivity contribution in [1.29, 1.82) is 0 Å². The van der Waals surface area contributed by atoms with Gasteiger partial charge in [-0.2, -0.15) is 13.2 Å². The lowest BCUT2D eigenvalue weighted by Gasteiger charge is -2.31. The second-order valence-corrected chi connectivity index (χ2v) is 8.67. The Hall–Kier alpha value is -3.14. The van der Waals surface area contributed by atoms with E-state index in [0.29, 0.717) is 22.8 Å². The summed E-state index contributed by atoms with van der Waals surface area (Å²) in [6, 6.07) is 6.40. The number of rotatable bonds is 4. The van der Waals surface area contributed by atoms with Gasteiger partial charge in [-0.1, -0.05) is 6.42 Å². The second kappa shape index (κ2) is 7.77. The molecule has 2 aromatic heterocycles. The molecule has 1 aliphatic rings. The van der Waals surface area contributed by atoms with Gasteiger partial charge in [0.15, 0.2) is 0 Å². The highest BCUT2D eigenvalue weighted by Crippen LogP contribution is 2.34. The first kappa shape index (κ1) is 22.1. The van der Waals surface area contributed by atoms with Crippen LogP contribution in [0, 0.1) is 5.92 Å². The van der Waals surface area contributed by atoms with Gasteiger partial charge in [0.2, 0.25) is 0 Å². The first-order valence-electron chi connectivity index (χ1n) is 10.3. The number of halogens is 3. The average Bonchev–Trinajstić information content (AvgIpc) is 3.30. The Morgan fingerprint density at radius 1 is 1.22 bits per heavy atom. The zero-order valence-corrected chi connectivity index (χ0v) is 17.5. The Morgan fingerprint density at radius 3 is 2.59 bits per heavy atom. The van der Waals surface area contributed by atoms with Crippen LogP contribution in [0.15, 0.2) is 41.3 Å². The van der Waals surface area contributed by atoms with Crippen molar-refractivity contribution in [2.45, 2.75) is 50.9 Å². The van der Waals surface area contributed by atoms with Crippen LogP contribution in [0.3, 0.4) is 0 Å². The van der Waals surface area contributed by atoms with Gasteiger partial charge in [-0.25, -0.2) is 14.3 Å². The number of carbonyl (C=O) groups excluding carboxylic acids is 1. The van der Waals surface area contributed by atoms with E-state index in [2.05, 4.69) is 15.3 Å². The summed E-state index contributed by atoms with van der Waals surface area (Å²) in [4.78, 5) is 31.8. The van der Waals surface area contributed by atoms with E-state index >= 15 is 0 Å². The minimum atomic E-state index is -4.54. The molecule has 32 heavy (non-hydrogen) atoms. The number of aromatic amines is 1. The lowest BCUT2D eigenvalue weighted by molar-refractivity contribution is -0.137. The van der Waals surface area contributed by atoms with Crippen molar-refractivity contribution in [2.24, 2.45) is 5.92 Å². The molecule has 170 valence electrons. The Labute approximate surface area is 181 Å². The number of pyridine rings is 1.